The van der Waals surface area contributed by atoms with Crippen molar-refractivity contribution in [2.75, 3.05) is 0 Å². The first-order chi connectivity index (χ1) is 5.72. The van der Waals surface area contributed by atoms with Crippen LogP contribution in [0.3, 0.4) is 0 Å². The van der Waals surface area contributed by atoms with Crippen LogP contribution < -0.4 is 0 Å². The third-order valence-electron chi connectivity index (χ3n) is 2.82. The van der Waals surface area contributed by atoms with Gasteiger partial charge in [0.1, 0.15) is 0 Å². The minimum atomic E-state index is -0.398. The third-order valence-corrected chi connectivity index (χ3v) is 2.82. The standard InChI is InChI=1S/C8H11NO3/c10-7-5-3-1-2-4-6(5)8(11)9(7)12/h5-6,12H,1-4H2/t5-,6-/m0/s1. The monoisotopic (exact) mass is 169 g/mol. The van der Waals surface area contributed by atoms with E-state index >= 15 is 0 Å². The maximum Gasteiger partial charge on any atom is 0.257 e. The SMILES string of the molecule is O=C1[C@H]2CCCC[C@@H]2C(=O)N1O. The van der Waals surface area contributed by atoms with Crippen LogP contribution in [0.15, 0.2) is 0 Å². The Labute approximate surface area is 70.1 Å². The first kappa shape index (κ1) is 7.73. The van der Waals surface area contributed by atoms with Crippen LogP contribution >= 0.6 is 0 Å². The first-order valence-electron chi connectivity index (χ1n) is 4.28. The first-order valence-corrected chi connectivity index (χ1v) is 4.28. The minimum absolute atomic E-state index is 0.226. The number of hydrogen-bond acceptors (Lipinski definition) is 3. The van der Waals surface area contributed by atoms with Gasteiger partial charge in [-0.25, -0.2) is 0 Å². The molecule has 1 saturated carbocycles. The molecule has 0 bridgehead atoms. The molecule has 2 atom stereocenters. The topological polar surface area (TPSA) is 57.6 Å². The Balaban J connectivity index is 2.25. The Hall–Kier alpha value is -0.900. The summed E-state index contributed by atoms with van der Waals surface area (Å²) < 4.78 is 0. The lowest BCUT2D eigenvalue weighted by Crippen LogP contribution is -2.26. The minimum Gasteiger partial charge on any atom is -0.278 e. The van der Waals surface area contributed by atoms with E-state index in [0.717, 1.165) is 25.7 Å². The van der Waals surface area contributed by atoms with Gasteiger partial charge in [0.2, 0.25) is 0 Å². The van der Waals surface area contributed by atoms with Gasteiger partial charge in [-0.1, -0.05) is 12.8 Å². The second-order valence-corrected chi connectivity index (χ2v) is 3.49. The maximum atomic E-state index is 11.2. The summed E-state index contributed by atoms with van der Waals surface area (Å²) >= 11 is 0. The van der Waals surface area contributed by atoms with Gasteiger partial charge in [0.15, 0.2) is 0 Å². The zero-order valence-electron chi connectivity index (χ0n) is 6.69. The van der Waals surface area contributed by atoms with Crippen molar-refractivity contribution < 1.29 is 14.8 Å². The number of imide groups is 1. The van der Waals surface area contributed by atoms with E-state index in [9.17, 15) is 9.59 Å². The number of amides is 2. The van der Waals surface area contributed by atoms with Crippen LogP contribution in [0.1, 0.15) is 25.7 Å². The number of rotatable bonds is 0. The van der Waals surface area contributed by atoms with Crippen molar-refractivity contribution in [3.8, 4) is 0 Å². The third kappa shape index (κ3) is 0.876. The van der Waals surface area contributed by atoms with Gasteiger partial charge in [0.25, 0.3) is 11.8 Å². The van der Waals surface area contributed by atoms with Crippen LogP contribution in [-0.4, -0.2) is 22.1 Å². The van der Waals surface area contributed by atoms with E-state index in [1.54, 1.807) is 0 Å². The fourth-order valence-electron chi connectivity index (χ4n) is 2.14. The fraction of sp³-hybridized carbons (Fsp3) is 0.750. The molecule has 4 nitrogen and oxygen atoms in total. The van der Waals surface area contributed by atoms with E-state index < -0.39 is 11.8 Å². The molecule has 12 heavy (non-hydrogen) atoms. The maximum absolute atomic E-state index is 11.2. The van der Waals surface area contributed by atoms with E-state index in [2.05, 4.69) is 0 Å². The summed E-state index contributed by atoms with van der Waals surface area (Å²) in [6, 6.07) is 0. The van der Waals surface area contributed by atoms with Gasteiger partial charge in [0.05, 0.1) is 11.8 Å². The summed E-state index contributed by atoms with van der Waals surface area (Å²) in [7, 11) is 0. The molecule has 1 heterocycles. The van der Waals surface area contributed by atoms with Crippen molar-refractivity contribution in [3.05, 3.63) is 0 Å². The molecule has 0 unspecified atom stereocenters. The summed E-state index contributed by atoms with van der Waals surface area (Å²) in [6.07, 6.45) is 3.50. The Kier molecular flexibility index (Phi) is 1.65. The molecule has 66 valence electrons. The highest BCUT2D eigenvalue weighted by Gasteiger charge is 2.47. The number of carbonyl (C=O) groups excluding carboxylic acids is 2. The van der Waals surface area contributed by atoms with Crippen LogP contribution in [0.5, 0.6) is 0 Å². The highest BCUT2D eigenvalue weighted by Crippen LogP contribution is 2.36. The average molecular weight is 169 g/mol. The molecule has 2 aliphatic rings. The number of carbonyl (C=O) groups is 2. The summed E-state index contributed by atoms with van der Waals surface area (Å²) in [5.74, 6) is -1.25. The van der Waals surface area contributed by atoms with Crippen LogP contribution in [0.25, 0.3) is 0 Å². The summed E-state index contributed by atoms with van der Waals surface area (Å²) in [6.45, 7) is 0. The highest BCUT2D eigenvalue weighted by atomic mass is 16.5. The van der Waals surface area contributed by atoms with Crippen LogP contribution in [0.4, 0.5) is 0 Å². The molecule has 1 N–H and O–H groups in total. The molecule has 4 heteroatoms. The molecule has 0 aromatic carbocycles. The molecule has 1 saturated heterocycles. The second kappa shape index (κ2) is 2.55. The zero-order valence-corrected chi connectivity index (χ0v) is 6.69. The van der Waals surface area contributed by atoms with Crippen LogP contribution in [0.2, 0.25) is 0 Å². The number of nitrogens with zero attached hydrogens (tertiary/aromatic N) is 1. The highest BCUT2D eigenvalue weighted by molar-refractivity contribution is 6.03. The summed E-state index contributed by atoms with van der Waals surface area (Å²) in [5.41, 5.74) is 0. The van der Waals surface area contributed by atoms with E-state index in [0.29, 0.717) is 5.06 Å². The van der Waals surface area contributed by atoms with Crippen molar-refractivity contribution in [2.24, 2.45) is 11.8 Å². The van der Waals surface area contributed by atoms with E-state index in [4.69, 9.17) is 5.21 Å². The molecule has 2 rings (SSSR count). The van der Waals surface area contributed by atoms with Crippen LogP contribution in [-0.2, 0) is 9.59 Å². The normalized spacial score (nSPS) is 35.6. The zero-order chi connectivity index (χ0) is 8.72. The molecule has 2 fully saturated rings. The summed E-state index contributed by atoms with van der Waals surface area (Å²) in [4.78, 5) is 22.4. The van der Waals surface area contributed by atoms with Gasteiger partial charge < -0.3 is 0 Å². The predicted molar refractivity (Wildman–Crippen MR) is 39.1 cm³/mol. The van der Waals surface area contributed by atoms with Gasteiger partial charge in [-0.15, -0.1) is 0 Å². The lowest BCUT2D eigenvalue weighted by atomic mass is 9.81. The molecule has 1 aliphatic carbocycles. The van der Waals surface area contributed by atoms with E-state index in [1.807, 2.05) is 0 Å². The molecule has 0 spiro atoms. The van der Waals surface area contributed by atoms with Gasteiger partial charge in [-0.2, -0.15) is 5.06 Å². The van der Waals surface area contributed by atoms with E-state index in [-0.39, 0.29) is 11.8 Å². The number of hydroxylamine groups is 2. The lowest BCUT2D eigenvalue weighted by molar-refractivity contribution is -0.173. The quantitative estimate of drug-likeness (QED) is 0.425. The van der Waals surface area contributed by atoms with Gasteiger partial charge in [-0.05, 0) is 12.8 Å². The Morgan fingerprint density at radius 2 is 1.50 bits per heavy atom. The molecule has 0 aromatic heterocycles. The Morgan fingerprint density at radius 3 is 1.92 bits per heavy atom. The van der Waals surface area contributed by atoms with Gasteiger partial charge in [0, 0.05) is 0 Å². The molecular weight excluding hydrogens is 158 g/mol. The smallest absolute Gasteiger partial charge is 0.257 e. The lowest BCUT2D eigenvalue weighted by Gasteiger charge is -2.19. The van der Waals surface area contributed by atoms with Gasteiger partial charge in [-0.3, -0.25) is 14.8 Å². The van der Waals surface area contributed by atoms with Crippen molar-refractivity contribution >= 4 is 11.8 Å². The van der Waals surface area contributed by atoms with Crippen molar-refractivity contribution in [3.63, 3.8) is 0 Å². The summed E-state index contributed by atoms with van der Waals surface area (Å²) in [5, 5.41) is 9.34. The van der Waals surface area contributed by atoms with Crippen molar-refractivity contribution in [1.29, 1.82) is 0 Å². The molecule has 0 aromatic rings. The van der Waals surface area contributed by atoms with Crippen molar-refractivity contribution in [2.45, 2.75) is 25.7 Å². The fourth-order valence-corrected chi connectivity index (χ4v) is 2.14. The van der Waals surface area contributed by atoms with E-state index in [1.165, 1.54) is 0 Å². The molecule has 0 radical (unpaired) electrons. The van der Waals surface area contributed by atoms with Crippen LogP contribution in [0, 0.1) is 11.8 Å². The average Bonchev–Trinajstić information content (AvgIpc) is 2.33. The molecule has 2 amide bonds. The van der Waals surface area contributed by atoms with Gasteiger partial charge >= 0.3 is 0 Å². The predicted octanol–water partition coefficient (Wildman–Crippen LogP) is 0.551. The number of hydrogen-bond donors (Lipinski definition) is 1. The molecular formula is C8H11NO3. The molecule has 1 aliphatic heterocycles. The largest absolute Gasteiger partial charge is 0.278 e. The second-order valence-electron chi connectivity index (χ2n) is 3.49. The number of fused-ring (bicyclic) bond motifs is 1. The Bertz CT molecular complexity index is 214. The Morgan fingerprint density at radius 1 is 1.08 bits per heavy atom. The van der Waals surface area contributed by atoms with Crippen molar-refractivity contribution in [1.82, 2.24) is 5.06 Å².